The molecule has 4 atom stereocenters. The summed E-state index contributed by atoms with van der Waals surface area (Å²) in [6, 6.07) is -2.11. The Kier molecular flexibility index (Phi) is 19.8. The topological polar surface area (TPSA) is 125 Å². The molecule has 0 aromatic heterocycles. The van der Waals surface area contributed by atoms with Crippen LogP contribution in [0, 0.1) is 17.8 Å². The third-order valence-corrected chi connectivity index (χ3v) is 6.78. The van der Waals surface area contributed by atoms with Crippen LogP contribution in [0.15, 0.2) is 25.3 Å². The standard InChI is InChI=1S/C30H53N3O5/c1-7-10-12-14-16-19-23(18-15-13-11-8-2)28(35)32-25(20-22(4)5)29(36)33-26(30(37)38)21-24(17-9-3)27(34)31-6/h8-9,22-26H,2-3,7,10-21H2,1,4-6H3,(H,31,34)(H,32,35)(H,33,36)(H,37,38). The highest BCUT2D eigenvalue weighted by Crippen LogP contribution is 2.20. The smallest absolute Gasteiger partial charge is 0.326 e. The molecule has 0 rings (SSSR count). The first kappa shape index (κ1) is 35.4. The Morgan fingerprint density at radius 3 is 1.89 bits per heavy atom. The summed E-state index contributed by atoms with van der Waals surface area (Å²) in [7, 11) is 1.48. The molecule has 38 heavy (non-hydrogen) atoms. The number of carbonyl (C=O) groups is 4. The van der Waals surface area contributed by atoms with Crippen molar-refractivity contribution < 1.29 is 24.3 Å². The minimum atomic E-state index is -1.26. The molecule has 0 spiro atoms. The summed E-state index contributed by atoms with van der Waals surface area (Å²) in [5, 5.41) is 17.8. The maximum absolute atomic E-state index is 13.3. The van der Waals surface area contributed by atoms with Crippen molar-refractivity contribution in [3.63, 3.8) is 0 Å². The number of carboxylic acid groups (broad SMARTS) is 1. The van der Waals surface area contributed by atoms with Gasteiger partial charge in [0.2, 0.25) is 17.7 Å². The molecule has 8 nitrogen and oxygen atoms in total. The summed E-state index contributed by atoms with van der Waals surface area (Å²) >= 11 is 0. The highest BCUT2D eigenvalue weighted by molar-refractivity contribution is 5.91. The SMILES string of the molecule is C=CCCCCC(CCCCCCC)C(=O)NC(CC(C)C)C(=O)NC(CC(CC=C)C(=O)NC)C(=O)O. The lowest BCUT2D eigenvalue weighted by Gasteiger charge is -2.26. The number of unbranched alkanes of at least 4 members (excludes halogenated alkanes) is 6. The van der Waals surface area contributed by atoms with Gasteiger partial charge in [0, 0.05) is 18.9 Å². The maximum atomic E-state index is 13.3. The van der Waals surface area contributed by atoms with Crippen LogP contribution >= 0.6 is 0 Å². The summed E-state index contributed by atoms with van der Waals surface area (Å²) in [5.74, 6) is -2.94. The Morgan fingerprint density at radius 1 is 0.763 bits per heavy atom. The quantitative estimate of drug-likeness (QED) is 0.107. The second kappa shape index (κ2) is 21.3. The number of carbonyl (C=O) groups excluding carboxylic acids is 3. The van der Waals surface area contributed by atoms with Crippen molar-refractivity contribution in [3.05, 3.63) is 25.3 Å². The molecule has 4 unspecified atom stereocenters. The second-order valence-corrected chi connectivity index (χ2v) is 10.6. The van der Waals surface area contributed by atoms with Gasteiger partial charge in [0.05, 0.1) is 0 Å². The molecular formula is C30H53N3O5. The Bertz CT molecular complexity index is 737. The van der Waals surface area contributed by atoms with Gasteiger partial charge in [0.25, 0.3) is 0 Å². The van der Waals surface area contributed by atoms with Crippen molar-refractivity contribution in [2.75, 3.05) is 7.05 Å². The molecule has 0 aliphatic carbocycles. The van der Waals surface area contributed by atoms with E-state index in [1.807, 2.05) is 19.9 Å². The average molecular weight is 536 g/mol. The predicted octanol–water partition coefficient (Wildman–Crippen LogP) is 5.14. The van der Waals surface area contributed by atoms with E-state index in [-0.39, 0.29) is 36.5 Å². The first-order chi connectivity index (χ1) is 18.1. The van der Waals surface area contributed by atoms with Crippen LogP contribution in [0.3, 0.4) is 0 Å². The summed E-state index contributed by atoms with van der Waals surface area (Å²) in [6.45, 7) is 13.5. The van der Waals surface area contributed by atoms with Gasteiger partial charge in [-0.15, -0.1) is 13.2 Å². The summed E-state index contributed by atoms with van der Waals surface area (Å²) < 4.78 is 0. The zero-order valence-electron chi connectivity index (χ0n) is 24.2. The van der Waals surface area contributed by atoms with E-state index in [4.69, 9.17) is 0 Å². The molecule has 0 aliphatic rings. The molecule has 0 bridgehead atoms. The van der Waals surface area contributed by atoms with Gasteiger partial charge in [0.1, 0.15) is 12.1 Å². The number of amides is 3. The zero-order chi connectivity index (χ0) is 28.9. The Morgan fingerprint density at radius 2 is 1.37 bits per heavy atom. The van der Waals surface area contributed by atoms with E-state index >= 15 is 0 Å². The van der Waals surface area contributed by atoms with E-state index in [1.54, 1.807) is 6.08 Å². The van der Waals surface area contributed by atoms with Crippen LogP contribution in [0.1, 0.15) is 104 Å². The van der Waals surface area contributed by atoms with Crippen LogP contribution in [0.4, 0.5) is 0 Å². The number of allylic oxidation sites excluding steroid dienone is 2. The van der Waals surface area contributed by atoms with Crippen molar-refractivity contribution >= 4 is 23.7 Å². The second-order valence-electron chi connectivity index (χ2n) is 10.6. The number of hydrogen-bond donors (Lipinski definition) is 4. The molecular weight excluding hydrogens is 482 g/mol. The van der Waals surface area contributed by atoms with Crippen LogP contribution in [-0.4, -0.2) is 47.9 Å². The molecule has 0 heterocycles. The predicted molar refractivity (Wildman–Crippen MR) is 153 cm³/mol. The normalized spacial score (nSPS) is 14.1. The molecule has 0 aliphatic heterocycles. The van der Waals surface area contributed by atoms with Crippen LogP contribution in [-0.2, 0) is 19.2 Å². The van der Waals surface area contributed by atoms with Gasteiger partial charge in [-0.2, -0.15) is 0 Å². The van der Waals surface area contributed by atoms with E-state index in [0.717, 1.165) is 57.8 Å². The molecule has 0 fully saturated rings. The lowest BCUT2D eigenvalue weighted by molar-refractivity contribution is -0.143. The van der Waals surface area contributed by atoms with E-state index < -0.39 is 29.9 Å². The van der Waals surface area contributed by atoms with Crippen molar-refractivity contribution in [2.45, 2.75) is 116 Å². The van der Waals surface area contributed by atoms with Gasteiger partial charge < -0.3 is 21.1 Å². The number of aliphatic carboxylic acids is 1. The minimum Gasteiger partial charge on any atom is -0.480 e. The zero-order valence-corrected chi connectivity index (χ0v) is 24.2. The van der Waals surface area contributed by atoms with Crippen LogP contribution < -0.4 is 16.0 Å². The van der Waals surface area contributed by atoms with Gasteiger partial charge in [-0.05, 0) is 50.9 Å². The van der Waals surface area contributed by atoms with Crippen molar-refractivity contribution in [1.82, 2.24) is 16.0 Å². The molecule has 3 amide bonds. The van der Waals surface area contributed by atoms with Crippen LogP contribution in [0.2, 0.25) is 0 Å². The Balaban J connectivity index is 5.50. The molecule has 0 radical (unpaired) electrons. The Labute approximate surface area is 230 Å². The lowest BCUT2D eigenvalue weighted by Crippen LogP contribution is -2.53. The first-order valence-electron chi connectivity index (χ1n) is 14.4. The van der Waals surface area contributed by atoms with Crippen molar-refractivity contribution in [3.8, 4) is 0 Å². The van der Waals surface area contributed by atoms with E-state index in [0.29, 0.717) is 6.42 Å². The number of rotatable bonds is 23. The van der Waals surface area contributed by atoms with E-state index in [9.17, 15) is 24.3 Å². The fraction of sp³-hybridized carbons (Fsp3) is 0.733. The van der Waals surface area contributed by atoms with Gasteiger partial charge in [0.15, 0.2) is 0 Å². The van der Waals surface area contributed by atoms with Gasteiger partial charge >= 0.3 is 5.97 Å². The van der Waals surface area contributed by atoms with E-state index in [2.05, 4.69) is 36.0 Å². The molecule has 218 valence electrons. The molecule has 0 aromatic carbocycles. The van der Waals surface area contributed by atoms with Gasteiger partial charge in [-0.3, -0.25) is 14.4 Å². The molecule has 4 N–H and O–H groups in total. The van der Waals surface area contributed by atoms with Crippen LogP contribution in [0.25, 0.3) is 0 Å². The average Bonchev–Trinajstić information content (AvgIpc) is 2.87. The van der Waals surface area contributed by atoms with Crippen LogP contribution in [0.5, 0.6) is 0 Å². The third kappa shape index (κ3) is 15.6. The van der Waals surface area contributed by atoms with Crippen molar-refractivity contribution in [1.29, 1.82) is 0 Å². The fourth-order valence-electron chi connectivity index (χ4n) is 4.57. The highest BCUT2D eigenvalue weighted by Gasteiger charge is 2.31. The van der Waals surface area contributed by atoms with Gasteiger partial charge in [-0.1, -0.05) is 71.4 Å². The molecule has 8 heteroatoms. The van der Waals surface area contributed by atoms with Gasteiger partial charge in [-0.25, -0.2) is 4.79 Å². The third-order valence-electron chi connectivity index (χ3n) is 6.78. The monoisotopic (exact) mass is 535 g/mol. The lowest BCUT2D eigenvalue weighted by atomic mass is 9.92. The number of carboxylic acids is 1. The summed E-state index contributed by atoms with van der Waals surface area (Å²) in [5.41, 5.74) is 0. The molecule has 0 saturated carbocycles. The Hall–Kier alpha value is -2.64. The molecule has 0 aromatic rings. The fourth-order valence-corrected chi connectivity index (χ4v) is 4.57. The number of hydrogen-bond acceptors (Lipinski definition) is 4. The van der Waals surface area contributed by atoms with E-state index in [1.165, 1.54) is 13.5 Å². The van der Waals surface area contributed by atoms with Crippen molar-refractivity contribution in [2.24, 2.45) is 17.8 Å². The highest BCUT2D eigenvalue weighted by atomic mass is 16.4. The minimum absolute atomic E-state index is 0.0706. The summed E-state index contributed by atoms with van der Waals surface area (Å²) in [6.07, 6.45) is 13.9. The number of nitrogens with one attached hydrogen (secondary N) is 3. The first-order valence-corrected chi connectivity index (χ1v) is 14.4. The maximum Gasteiger partial charge on any atom is 0.326 e. The molecule has 0 saturated heterocycles. The summed E-state index contributed by atoms with van der Waals surface area (Å²) in [4.78, 5) is 50.7. The largest absolute Gasteiger partial charge is 0.480 e.